The smallest absolute Gasteiger partial charge is 0.346 e. The minimum Gasteiger partial charge on any atom is -0.479 e. The van der Waals surface area contributed by atoms with Gasteiger partial charge in [-0.25, -0.2) is 4.79 Å². The molecule has 1 rings (SSSR count). The number of hydrogen-bond acceptors (Lipinski definition) is 4. The van der Waals surface area contributed by atoms with Crippen molar-refractivity contribution in [3.63, 3.8) is 0 Å². The first-order valence-corrected chi connectivity index (χ1v) is 4.47. The van der Waals surface area contributed by atoms with Crippen molar-refractivity contribution in [3.05, 3.63) is 29.8 Å². The third-order valence-electron chi connectivity index (χ3n) is 1.86. The van der Waals surface area contributed by atoms with Gasteiger partial charge in [-0.2, -0.15) is 0 Å². The van der Waals surface area contributed by atoms with Gasteiger partial charge in [-0.15, -0.1) is 0 Å². The van der Waals surface area contributed by atoms with Gasteiger partial charge in [0.1, 0.15) is 12.0 Å². The lowest BCUT2D eigenvalue weighted by Crippen LogP contribution is -2.24. The molecule has 15 heavy (non-hydrogen) atoms. The van der Waals surface area contributed by atoms with E-state index in [0.29, 0.717) is 11.3 Å². The van der Waals surface area contributed by atoms with Gasteiger partial charge in [0.25, 0.3) is 0 Å². The van der Waals surface area contributed by atoms with Crippen molar-refractivity contribution >= 4 is 12.3 Å². The first kappa shape index (κ1) is 11.2. The summed E-state index contributed by atoms with van der Waals surface area (Å²) in [5.41, 5.74) is 0.563. The van der Waals surface area contributed by atoms with E-state index in [0.717, 1.165) is 6.29 Å². The van der Waals surface area contributed by atoms with Crippen molar-refractivity contribution in [1.82, 2.24) is 0 Å². The fourth-order valence-corrected chi connectivity index (χ4v) is 1.04. The number of esters is 1. The number of rotatable bonds is 4. The number of aldehydes is 1. The molecular formula is C11H12O4. The molecular weight excluding hydrogens is 196 g/mol. The molecule has 0 spiro atoms. The van der Waals surface area contributed by atoms with Gasteiger partial charge in [0.15, 0.2) is 6.10 Å². The summed E-state index contributed by atoms with van der Waals surface area (Å²) in [4.78, 5) is 21.4. The van der Waals surface area contributed by atoms with E-state index < -0.39 is 12.1 Å². The number of benzene rings is 1. The lowest BCUT2D eigenvalue weighted by atomic mass is 10.2. The molecule has 0 fully saturated rings. The highest BCUT2D eigenvalue weighted by Gasteiger charge is 2.14. The molecule has 0 N–H and O–H groups in total. The predicted octanol–water partition coefficient (Wildman–Crippen LogP) is 1.44. The molecule has 0 aliphatic heterocycles. The monoisotopic (exact) mass is 208 g/mol. The molecule has 0 saturated carbocycles. The zero-order chi connectivity index (χ0) is 11.3. The molecule has 0 aliphatic carbocycles. The number of methoxy groups -OCH3 is 1. The predicted molar refractivity (Wildman–Crippen MR) is 53.9 cm³/mol. The van der Waals surface area contributed by atoms with Crippen molar-refractivity contribution < 1.29 is 19.1 Å². The van der Waals surface area contributed by atoms with Crippen LogP contribution >= 0.6 is 0 Å². The van der Waals surface area contributed by atoms with Crippen LogP contribution < -0.4 is 4.74 Å². The zero-order valence-electron chi connectivity index (χ0n) is 8.60. The first-order valence-electron chi connectivity index (χ1n) is 4.47. The maximum atomic E-state index is 11.0. The van der Waals surface area contributed by atoms with Crippen LogP contribution in [0, 0.1) is 0 Å². The lowest BCUT2D eigenvalue weighted by Gasteiger charge is -2.11. The van der Waals surface area contributed by atoms with Crippen molar-refractivity contribution in [1.29, 1.82) is 0 Å². The summed E-state index contributed by atoms with van der Waals surface area (Å²) in [5, 5.41) is 0. The van der Waals surface area contributed by atoms with Crippen molar-refractivity contribution in [2.45, 2.75) is 13.0 Å². The lowest BCUT2D eigenvalue weighted by molar-refractivity contribution is -0.147. The Kier molecular flexibility index (Phi) is 3.85. The molecule has 80 valence electrons. The molecule has 0 amide bonds. The average Bonchev–Trinajstić information content (AvgIpc) is 2.29. The number of carbonyl (C=O) groups is 2. The van der Waals surface area contributed by atoms with E-state index in [-0.39, 0.29) is 0 Å². The van der Waals surface area contributed by atoms with Gasteiger partial charge in [-0.3, -0.25) is 4.79 Å². The van der Waals surface area contributed by atoms with Crippen LogP contribution in [0.25, 0.3) is 0 Å². The van der Waals surface area contributed by atoms with Crippen LogP contribution in [0.5, 0.6) is 5.75 Å². The van der Waals surface area contributed by atoms with Gasteiger partial charge in [0, 0.05) is 5.56 Å². The third-order valence-corrected chi connectivity index (χ3v) is 1.86. The maximum absolute atomic E-state index is 11.0. The molecule has 0 aromatic heterocycles. The van der Waals surface area contributed by atoms with Gasteiger partial charge >= 0.3 is 5.97 Å². The standard InChI is InChI=1S/C11H12O4/c1-8(11(13)14-2)15-10-5-3-9(7-12)4-6-10/h3-8H,1-2H3/t8-/m1/s1. The molecule has 0 saturated heterocycles. The summed E-state index contributed by atoms with van der Waals surface area (Å²) in [7, 11) is 1.30. The minimum absolute atomic E-state index is 0.436. The molecule has 1 atom stereocenters. The highest BCUT2D eigenvalue weighted by Crippen LogP contribution is 2.13. The topological polar surface area (TPSA) is 52.6 Å². The van der Waals surface area contributed by atoms with Crippen LogP contribution in [0.2, 0.25) is 0 Å². The van der Waals surface area contributed by atoms with E-state index >= 15 is 0 Å². The van der Waals surface area contributed by atoms with Crippen molar-refractivity contribution in [3.8, 4) is 5.75 Å². The molecule has 4 nitrogen and oxygen atoms in total. The maximum Gasteiger partial charge on any atom is 0.346 e. The molecule has 0 radical (unpaired) electrons. The largest absolute Gasteiger partial charge is 0.479 e. The Morgan fingerprint density at radius 3 is 2.40 bits per heavy atom. The first-order chi connectivity index (χ1) is 7.17. The van der Waals surface area contributed by atoms with E-state index in [1.807, 2.05) is 0 Å². The Labute approximate surface area is 87.8 Å². The summed E-state index contributed by atoms with van der Waals surface area (Å²) >= 11 is 0. The van der Waals surface area contributed by atoms with E-state index in [4.69, 9.17) is 4.74 Å². The highest BCUT2D eigenvalue weighted by molar-refractivity contribution is 5.75. The van der Waals surface area contributed by atoms with E-state index in [2.05, 4.69) is 4.74 Å². The second-order valence-corrected chi connectivity index (χ2v) is 2.97. The Balaban J connectivity index is 2.64. The van der Waals surface area contributed by atoms with Crippen LogP contribution in [0.15, 0.2) is 24.3 Å². The van der Waals surface area contributed by atoms with Gasteiger partial charge < -0.3 is 9.47 Å². The van der Waals surface area contributed by atoms with Crippen LogP contribution in [0.1, 0.15) is 17.3 Å². The fraction of sp³-hybridized carbons (Fsp3) is 0.273. The van der Waals surface area contributed by atoms with Crippen LogP contribution in [0.4, 0.5) is 0 Å². The molecule has 1 aromatic carbocycles. The normalized spacial score (nSPS) is 11.6. The molecule has 0 heterocycles. The fourth-order valence-electron chi connectivity index (χ4n) is 1.04. The number of carbonyl (C=O) groups excluding carboxylic acids is 2. The van der Waals surface area contributed by atoms with Gasteiger partial charge in [0.2, 0.25) is 0 Å². The Hall–Kier alpha value is -1.84. The van der Waals surface area contributed by atoms with E-state index in [1.54, 1.807) is 31.2 Å². The van der Waals surface area contributed by atoms with Gasteiger partial charge in [0.05, 0.1) is 7.11 Å². The van der Waals surface area contributed by atoms with Crippen LogP contribution in [-0.2, 0) is 9.53 Å². The summed E-state index contributed by atoms with van der Waals surface area (Å²) in [5.74, 6) is 0.0907. The minimum atomic E-state index is -0.655. The molecule has 4 heteroatoms. The van der Waals surface area contributed by atoms with E-state index in [9.17, 15) is 9.59 Å². The number of ether oxygens (including phenoxy) is 2. The highest BCUT2D eigenvalue weighted by atomic mass is 16.6. The average molecular weight is 208 g/mol. The Bertz CT molecular complexity index is 342. The second kappa shape index (κ2) is 5.14. The van der Waals surface area contributed by atoms with Crippen molar-refractivity contribution in [2.24, 2.45) is 0 Å². The third kappa shape index (κ3) is 3.09. The van der Waals surface area contributed by atoms with Crippen molar-refractivity contribution in [2.75, 3.05) is 7.11 Å². The quantitative estimate of drug-likeness (QED) is 0.555. The molecule has 1 aromatic rings. The number of hydrogen-bond donors (Lipinski definition) is 0. The summed E-state index contributed by atoms with van der Waals surface area (Å²) in [6, 6.07) is 6.49. The SMILES string of the molecule is COC(=O)[C@@H](C)Oc1ccc(C=O)cc1. The second-order valence-electron chi connectivity index (χ2n) is 2.97. The molecule has 0 bridgehead atoms. The Morgan fingerprint density at radius 1 is 1.33 bits per heavy atom. The molecule has 0 unspecified atom stereocenters. The van der Waals surface area contributed by atoms with Gasteiger partial charge in [-0.1, -0.05) is 0 Å². The zero-order valence-corrected chi connectivity index (χ0v) is 8.60. The summed E-state index contributed by atoms with van der Waals surface area (Å²) < 4.78 is 9.79. The molecule has 0 aliphatic rings. The van der Waals surface area contributed by atoms with Crippen LogP contribution in [0.3, 0.4) is 0 Å². The Morgan fingerprint density at radius 2 is 1.93 bits per heavy atom. The van der Waals surface area contributed by atoms with Gasteiger partial charge in [-0.05, 0) is 31.2 Å². The van der Waals surface area contributed by atoms with Crippen LogP contribution in [-0.4, -0.2) is 25.5 Å². The summed E-state index contributed by atoms with van der Waals surface area (Å²) in [6.45, 7) is 1.60. The summed E-state index contributed by atoms with van der Waals surface area (Å²) in [6.07, 6.45) is 0.0881. The van der Waals surface area contributed by atoms with E-state index in [1.165, 1.54) is 7.11 Å².